The van der Waals surface area contributed by atoms with Crippen molar-refractivity contribution in [2.45, 2.75) is 31.8 Å². The van der Waals surface area contributed by atoms with Gasteiger partial charge in [0, 0.05) is 6.04 Å². The largest absolute Gasteiger partial charge is 0.394 e. The summed E-state index contributed by atoms with van der Waals surface area (Å²) >= 11 is 0. The van der Waals surface area contributed by atoms with Crippen molar-refractivity contribution in [2.75, 3.05) is 18.1 Å². The first-order chi connectivity index (χ1) is 5.89. The predicted octanol–water partition coefficient (Wildman–Crippen LogP) is -0.466. The molecule has 0 bridgehead atoms. The zero-order valence-corrected chi connectivity index (χ0v) is 8.89. The minimum absolute atomic E-state index is 0.0642. The van der Waals surface area contributed by atoms with Crippen molar-refractivity contribution in [1.29, 1.82) is 0 Å². The lowest BCUT2D eigenvalue weighted by Gasteiger charge is -2.29. The molecule has 0 aromatic carbocycles. The molecule has 1 aliphatic rings. The maximum absolute atomic E-state index is 11.2. The third-order valence-electron chi connectivity index (χ3n) is 2.29. The fourth-order valence-corrected chi connectivity index (χ4v) is 3.82. The molecule has 1 saturated heterocycles. The smallest absolute Gasteiger partial charge is 0.152 e. The van der Waals surface area contributed by atoms with Crippen molar-refractivity contribution >= 4 is 9.84 Å². The van der Waals surface area contributed by atoms with E-state index in [0.717, 1.165) is 0 Å². The van der Waals surface area contributed by atoms with Gasteiger partial charge in [-0.25, -0.2) is 8.42 Å². The van der Waals surface area contributed by atoms with Gasteiger partial charge in [0.15, 0.2) is 9.84 Å². The van der Waals surface area contributed by atoms with Crippen molar-refractivity contribution in [1.82, 2.24) is 5.32 Å². The molecule has 0 spiro atoms. The minimum atomic E-state index is -2.93. The molecule has 1 rings (SSSR count). The number of hydrogen-bond acceptors (Lipinski definition) is 4. The molecule has 78 valence electrons. The zero-order valence-electron chi connectivity index (χ0n) is 8.08. The lowest BCUT2D eigenvalue weighted by atomic mass is 9.99. The highest BCUT2D eigenvalue weighted by atomic mass is 32.2. The van der Waals surface area contributed by atoms with Gasteiger partial charge in [-0.2, -0.15) is 0 Å². The molecule has 0 amide bonds. The summed E-state index contributed by atoms with van der Waals surface area (Å²) in [6.07, 6.45) is 0.518. The van der Waals surface area contributed by atoms with Crippen LogP contribution in [0.4, 0.5) is 0 Å². The van der Waals surface area contributed by atoms with Gasteiger partial charge in [0.25, 0.3) is 0 Å². The Kier molecular flexibility index (Phi) is 2.99. The SMILES string of the molecule is CC(C)NC1(CO)CCS(=O)(=O)C1. The molecule has 1 unspecified atom stereocenters. The summed E-state index contributed by atoms with van der Waals surface area (Å²) in [6.45, 7) is 3.79. The highest BCUT2D eigenvalue weighted by molar-refractivity contribution is 7.91. The number of aliphatic hydroxyl groups is 1. The maximum atomic E-state index is 11.2. The first-order valence-corrected chi connectivity index (χ1v) is 6.30. The summed E-state index contributed by atoms with van der Waals surface area (Å²) < 4.78 is 22.5. The highest BCUT2D eigenvalue weighted by Gasteiger charge is 2.41. The third kappa shape index (κ3) is 2.65. The molecular weight excluding hydrogens is 190 g/mol. The Morgan fingerprint density at radius 2 is 2.15 bits per heavy atom. The Morgan fingerprint density at radius 3 is 2.46 bits per heavy atom. The minimum Gasteiger partial charge on any atom is -0.394 e. The molecule has 13 heavy (non-hydrogen) atoms. The summed E-state index contributed by atoms with van der Waals surface area (Å²) in [5, 5.41) is 12.3. The number of nitrogens with one attached hydrogen (secondary N) is 1. The van der Waals surface area contributed by atoms with E-state index in [-0.39, 0.29) is 24.2 Å². The van der Waals surface area contributed by atoms with Crippen molar-refractivity contribution in [3.05, 3.63) is 0 Å². The Labute approximate surface area is 79.3 Å². The summed E-state index contributed by atoms with van der Waals surface area (Å²) in [4.78, 5) is 0. The number of rotatable bonds is 3. The molecule has 1 aliphatic heterocycles. The van der Waals surface area contributed by atoms with Crippen LogP contribution < -0.4 is 5.32 Å². The van der Waals surface area contributed by atoms with E-state index >= 15 is 0 Å². The molecule has 0 aliphatic carbocycles. The second-order valence-electron chi connectivity index (χ2n) is 4.08. The second kappa shape index (κ2) is 3.55. The third-order valence-corrected chi connectivity index (χ3v) is 4.10. The fraction of sp³-hybridized carbons (Fsp3) is 1.00. The van der Waals surface area contributed by atoms with Crippen LogP contribution in [0.25, 0.3) is 0 Å². The molecule has 5 heteroatoms. The van der Waals surface area contributed by atoms with E-state index in [4.69, 9.17) is 0 Å². The van der Waals surface area contributed by atoms with Crippen LogP contribution >= 0.6 is 0 Å². The van der Waals surface area contributed by atoms with Crippen LogP contribution in [0.15, 0.2) is 0 Å². The normalized spacial score (nSPS) is 32.6. The van der Waals surface area contributed by atoms with E-state index in [1.165, 1.54) is 0 Å². The van der Waals surface area contributed by atoms with Crippen LogP contribution in [0.2, 0.25) is 0 Å². The summed E-state index contributed by atoms with van der Waals surface area (Å²) in [5.74, 6) is 0.252. The van der Waals surface area contributed by atoms with Crippen molar-refractivity contribution < 1.29 is 13.5 Å². The summed E-state index contributed by atoms with van der Waals surface area (Å²) in [7, 11) is -2.93. The van der Waals surface area contributed by atoms with Crippen molar-refractivity contribution in [2.24, 2.45) is 0 Å². The number of hydrogen-bond donors (Lipinski definition) is 2. The lowest BCUT2D eigenvalue weighted by molar-refractivity contribution is 0.170. The Morgan fingerprint density at radius 1 is 1.54 bits per heavy atom. The van der Waals surface area contributed by atoms with Crippen molar-refractivity contribution in [3.8, 4) is 0 Å². The number of aliphatic hydroxyl groups excluding tert-OH is 1. The molecule has 0 saturated carbocycles. The molecule has 2 N–H and O–H groups in total. The van der Waals surface area contributed by atoms with E-state index in [0.29, 0.717) is 6.42 Å². The van der Waals surface area contributed by atoms with E-state index < -0.39 is 15.4 Å². The van der Waals surface area contributed by atoms with Crippen LogP contribution in [-0.4, -0.2) is 43.2 Å². The second-order valence-corrected chi connectivity index (χ2v) is 6.26. The predicted molar refractivity (Wildman–Crippen MR) is 51.4 cm³/mol. The molecule has 0 radical (unpaired) electrons. The van der Waals surface area contributed by atoms with E-state index in [1.807, 2.05) is 13.8 Å². The van der Waals surface area contributed by atoms with Crippen LogP contribution in [0.1, 0.15) is 20.3 Å². The van der Waals surface area contributed by atoms with Gasteiger partial charge in [0.1, 0.15) is 0 Å². The first kappa shape index (κ1) is 10.9. The topological polar surface area (TPSA) is 66.4 Å². The Hall–Kier alpha value is -0.130. The molecule has 0 aromatic heterocycles. The molecule has 0 aromatic rings. The molecular formula is C8H17NO3S. The van der Waals surface area contributed by atoms with Crippen LogP contribution in [-0.2, 0) is 9.84 Å². The molecule has 4 nitrogen and oxygen atoms in total. The quantitative estimate of drug-likeness (QED) is 0.657. The standard InChI is InChI=1S/C8H17NO3S/c1-7(2)9-8(5-10)3-4-13(11,12)6-8/h7,9-10H,3-6H2,1-2H3. The average Bonchev–Trinajstić information content (AvgIpc) is 2.26. The molecule has 1 fully saturated rings. The van der Waals surface area contributed by atoms with Gasteiger partial charge in [-0.05, 0) is 6.42 Å². The average molecular weight is 207 g/mol. The lowest BCUT2D eigenvalue weighted by Crippen LogP contribution is -2.52. The fourth-order valence-electron chi connectivity index (χ4n) is 1.81. The summed E-state index contributed by atoms with van der Waals surface area (Å²) in [6, 6.07) is 0.195. The van der Waals surface area contributed by atoms with Gasteiger partial charge >= 0.3 is 0 Å². The van der Waals surface area contributed by atoms with Gasteiger partial charge < -0.3 is 10.4 Å². The molecule has 1 atom stereocenters. The van der Waals surface area contributed by atoms with Crippen LogP contribution in [0.5, 0.6) is 0 Å². The number of sulfone groups is 1. The van der Waals surface area contributed by atoms with Gasteiger partial charge in [-0.15, -0.1) is 0 Å². The Bertz CT molecular complexity index is 273. The van der Waals surface area contributed by atoms with Gasteiger partial charge in [0.05, 0.1) is 23.7 Å². The Balaban J connectivity index is 2.74. The molecule has 1 heterocycles. The van der Waals surface area contributed by atoms with E-state index in [9.17, 15) is 13.5 Å². The highest BCUT2D eigenvalue weighted by Crippen LogP contribution is 2.23. The van der Waals surface area contributed by atoms with Gasteiger partial charge in [-0.3, -0.25) is 0 Å². The van der Waals surface area contributed by atoms with E-state index in [2.05, 4.69) is 5.32 Å². The van der Waals surface area contributed by atoms with Crippen LogP contribution in [0, 0.1) is 0 Å². The first-order valence-electron chi connectivity index (χ1n) is 4.48. The van der Waals surface area contributed by atoms with E-state index in [1.54, 1.807) is 0 Å². The monoisotopic (exact) mass is 207 g/mol. The maximum Gasteiger partial charge on any atom is 0.152 e. The van der Waals surface area contributed by atoms with Gasteiger partial charge in [0.2, 0.25) is 0 Å². The zero-order chi connectivity index (χ0) is 10.1. The summed E-state index contributed by atoms with van der Waals surface area (Å²) in [5.41, 5.74) is -0.590. The van der Waals surface area contributed by atoms with Crippen LogP contribution in [0.3, 0.4) is 0 Å². The van der Waals surface area contributed by atoms with Gasteiger partial charge in [-0.1, -0.05) is 13.8 Å². The van der Waals surface area contributed by atoms with Crippen molar-refractivity contribution in [3.63, 3.8) is 0 Å².